The van der Waals surface area contributed by atoms with Crippen molar-refractivity contribution in [1.29, 1.82) is 0 Å². The highest BCUT2D eigenvalue weighted by Crippen LogP contribution is 2.64. The normalized spacial score (nSPS) is 51.7. The van der Waals surface area contributed by atoms with E-state index >= 15 is 0 Å². The van der Waals surface area contributed by atoms with E-state index in [0.717, 1.165) is 31.6 Å². The van der Waals surface area contributed by atoms with Gasteiger partial charge in [0, 0.05) is 6.42 Å². The molecule has 4 aliphatic rings. The van der Waals surface area contributed by atoms with Crippen molar-refractivity contribution in [3.8, 4) is 0 Å². The predicted molar refractivity (Wildman–Crippen MR) is 109 cm³/mol. The summed E-state index contributed by atoms with van der Waals surface area (Å²) in [6.07, 6.45) is 8.14. The highest BCUT2D eigenvalue weighted by Gasteiger charge is 2.61. The SMILES string of the molecule is CC1CCC2(C)C(C1)CC(O)C1C3CCC(C(C)CCC(=O)O)C3C(O)CC12. The van der Waals surface area contributed by atoms with E-state index in [9.17, 15) is 15.0 Å². The third-order valence-corrected chi connectivity index (χ3v) is 9.88. The Morgan fingerprint density at radius 3 is 2.50 bits per heavy atom. The zero-order valence-electron chi connectivity index (χ0n) is 17.9. The third kappa shape index (κ3) is 3.33. The summed E-state index contributed by atoms with van der Waals surface area (Å²) in [5, 5.41) is 31.5. The second-order valence-corrected chi connectivity index (χ2v) is 11.3. The van der Waals surface area contributed by atoms with Gasteiger partial charge in [0.1, 0.15) is 0 Å². The molecule has 0 heterocycles. The van der Waals surface area contributed by atoms with Crippen molar-refractivity contribution in [1.82, 2.24) is 0 Å². The zero-order chi connectivity index (χ0) is 20.2. The van der Waals surface area contributed by atoms with Gasteiger partial charge >= 0.3 is 5.97 Å². The summed E-state index contributed by atoms with van der Waals surface area (Å²) < 4.78 is 0. The van der Waals surface area contributed by atoms with E-state index in [1.807, 2.05) is 0 Å². The van der Waals surface area contributed by atoms with Crippen LogP contribution in [0.5, 0.6) is 0 Å². The van der Waals surface area contributed by atoms with E-state index in [4.69, 9.17) is 5.11 Å². The minimum absolute atomic E-state index is 0.220. The number of hydrogen-bond acceptors (Lipinski definition) is 3. The molecule has 4 heteroatoms. The molecule has 0 bridgehead atoms. The average Bonchev–Trinajstić information content (AvgIpc) is 3.07. The average molecular weight is 393 g/mol. The van der Waals surface area contributed by atoms with Crippen LogP contribution in [0.2, 0.25) is 0 Å². The molecule has 0 aromatic rings. The maximum atomic E-state index is 11.3. The predicted octanol–water partition coefficient (Wildman–Crippen LogP) is 4.33. The van der Waals surface area contributed by atoms with Gasteiger partial charge in [-0.2, -0.15) is 0 Å². The Morgan fingerprint density at radius 2 is 1.79 bits per heavy atom. The molecular formula is C24H40O4. The summed E-state index contributed by atoms with van der Waals surface area (Å²) in [5.41, 5.74) is 0.273. The minimum Gasteiger partial charge on any atom is -0.481 e. The van der Waals surface area contributed by atoms with Crippen LogP contribution in [0.1, 0.15) is 78.6 Å². The van der Waals surface area contributed by atoms with Gasteiger partial charge in [-0.15, -0.1) is 0 Å². The summed E-state index contributed by atoms with van der Waals surface area (Å²) in [6, 6.07) is 0. The van der Waals surface area contributed by atoms with Crippen molar-refractivity contribution in [2.45, 2.75) is 90.8 Å². The lowest BCUT2D eigenvalue weighted by molar-refractivity contribution is -0.177. The van der Waals surface area contributed by atoms with Crippen molar-refractivity contribution in [3.63, 3.8) is 0 Å². The molecule has 4 nitrogen and oxygen atoms in total. The standard InChI is InChI=1S/C24H40O4/c1-13-8-9-24(3)15(10-13)11-19(25)23-17-6-5-16(14(2)4-7-21(27)28)22(17)20(26)12-18(23)24/h13-20,22-23,25-26H,4-12H2,1-3H3,(H,27,28). The van der Waals surface area contributed by atoms with Crippen molar-refractivity contribution in [2.75, 3.05) is 0 Å². The molecule has 11 atom stereocenters. The highest BCUT2D eigenvalue weighted by atomic mass is 16.4. The molecule has 0 aromatic carbocycles. The van der Waals surface area contributed by atoms with Gasteiger partial charge in [0.2, 0.25) is 0 Å². The molecule has 4 fully saturated rings. The number of carboxylic acid groups (broad SMARTS) is 1. The highest BCUT2D eigenvalue weighted by molar-refractivity contribution is 5.66. The smallest absolute Gasteiger partial charge is 0.303 e. The fraction of sp³-hybridized carbons (Fsp3) is 0.958. The van der Waals surface area contributed by atoms with Crippen molar-refractivity contribution in [2.24, 2.45) is 52.8 Å². The Hall–Kier alpha value is -0.610. The fourth-order valence-corrected chi connectivity index (χ4v) is 8.41. The Kier molecular flexibility index (Phi) is 5.59. The minimum atomic E-state index is -0.723. The lowest BCUT2D eigenvalue weighted by Crippen LogP contribution is -2.59. The first kappa shape index (κ1) is 20.7. The van der Waals surface area contributed by atoms with Crippen LogP contribution in [-0.4, -0.2) is 33.5 Å². The number of rotatable bonds is 4. The summed E-state index contributed by atoms with van der Waals surface area (Å²) in [4.78, 5) is 11.0. The van der Waals surface area contributed by atoms with Gasteiger partial charge in [-0.3, -0.25) is 4.79 Å². The molecule has 4 saturated carbocycles. The Bertz CT molecular complexity index is 591. The zero-order valence-corrected chi connectivity index (χ0v) is 17.9. The van der Waals surface area contributed by atoms with Crippen LogP contribution in [0.4, 0.5) is 0 Å². The molecule has 0 aromatic heterocycles. The van der Waals surface area contributed by atoms with E-state index in [2.05, 4.69) is 20.8 Å². The largest absolute Gasteiger partial charge is 0.481 e. The van der Waals surface area contributed by atoms with Crippen LogP contribution in [0.25, 0.3) is 0 Å². The van der Waals surface area contributed by atoms with Gasteiger partial charge in [0.15, 0.2) is 0 Å². The number of aliphatic carboxylic acids is 1. The van der Waals surface area contributed by atoms with E-state index in [-0.39, 0.29) is 30.0 Å². The first-order valence-electron chi connectivity index (χ1n) is 11.8. The lowest BCUT2D eigenvalue weighted by Gasteiger charge is -2.61. The second kappa shape index (κ2) is 7.58. The quantitative estimate of drug-likeness (QED) is 0.665. The van der Waals surface area contributed by atoms with Gasteiger partial charge in [0.05, 0.1) is 12.2 Å². The Morgan fingerprint density at radius 1 is 1.07 bits per heavy atom. The van der Waals surface area contributed by atoms with Crippen molar-refractivity contribution < 1.29 is 20.1 Å². The van der Waals surface area contributed by atoms with Crippen molar-refractivity contribution in [3.05, 3.63) is 0 Å². The summed E-state index contributed by atoms with van der Waals surface area (Å²) >= 11 is 0. The Balaban J connectivity index is 1.55. The summed E-state index contributed by atoms with van der Waals surface area (Å²) in [7, 11) is 0. The molecular weight excluding hydrogens is 352 g/mol. The molecule has 3 N–H and O–H groups in total. The first-order chi connectivity index (χ1) is 13.2. The van der Waals surface area contributed by atoms with Crippen molar-refractivity contribution >= 4 is 5.97 Å². The topological polar surface area (TPSA) is 77.8 Å². The maximum absolute atomic E-state index is 11.3. The van der Waals surface area contributed by atoms with Crippen LogP contribution >= 0.6 is 0 Å². The molecule has 0 amide bonds. The number of aliphatic hydroxyl groups excluding tert-OH is 2. The third-order valence-electron chi connectivity index (χ3n) is 9.88. The van der Waals surface area contributed by atoms with Crippen LogP contribution in [-0.2, 0) is 4.79 Å². The van der Waals surface area contributed by atoms with Crippen LogP contribution < -0.4 is 0 Å². The number of hydrogen-bond donors (Lipinski definition) is 3. The maximum Gasteiger partial charge on any atom is 0.303 e. The van der Waals surface area contributed by atoms with Gasteiger partial charge in [-0.25, -0.2) is 0 Å². The van der Waals surface area contributed by atoms with Gasteiger partial charge in [0.25, 0.3) is 0 Å². The van der Waals surface area contributed by atoms with Gasteiger partial charge < -0.3 is 15.3 Å². The molecule has 28 heavy (non-hydrogen) atoms. The summed E-state index contributed by atoms with van der Waals surface area (Å²) in [5.74, 6) is 2.82. The molecule has 0 saturated heterocycles. The number of aliphatic hydroxyl groups is 2. The van der Waals surface area contributed by atoms with E-state index < -0.39 is 5.97 Å². The monoisotopic (exact) mass is 392 g/mol. The molecule has 0 radical (unpaired) electrons. The fourth-order valence-electron chi connectivity index (χ4n) is 8.41. The second-order valence-electron chi connectivity index (χ2n) is 11.3. The molecule has 0 aliphatic heterocycles. The van der Waals surface area contributed by atoms with Crippen LogP contribution in [0, 0.1) is 52.8 Å². The van der Waals surface area contributed by atoms with E-state index in [1.165, 1.54) is 19.3 Å². The number of carbonyl (C=O) groups is 1. The summed E-state index contributed by atoms with van der Waals surface area (Å²) in [6.45, 7) is 6.98. The first-order valence-corrected chi connectivity index (χ1v) is 11.8. The molecule has 11 unspecified atom stereocenters. The Labute approximate surface area is 170 Å². The van der Waals surface area contributed by atoms with E-state index in [0.29, 0.717) is 41.9 Å². The van der Waals surface area contributed by atoms with Crippen LogP contribution in [0.3, 0.4) is 0 Å². The van der Waals surface area contributed by atoms with Crippen LogP contribution in [0.15, 0.2) is 0 Å². The number of fused-ring (bicyclic) bond motifs is 5. The molecule has 0 spiro atoms. The van der Waals surface area contributed by atoms with E-state index in [1.54, 1.807) is 0 Å². The molecule has 4 rings (SSSR count). The van der Waals surface area contributed by atoms with Gasteiger partial charge in [-0.05, 0) is 97.7 Å². The molecule has 4 aliphatic carbocycles. The molecule has 160 valence electrons. The lowest BCUT2D eigenvalue weighted by atomic mass is 9.45. The number of carboxylic acids is 1. The van der Waals surface area contributed by atoms with Gasteiger partial charge in [-0.1, -0.05) is 27.2 Å².